The number of ether oxygens (including phenoxy) is 2. The van der Waals surface area contributed by atoms with Crippen molar-refractivity contribution in [3.05, 3.63) is 18.2 Å². The van der Waals surface area contributed by atoms with Crippen molar-refractivity contribution in [1.82, 2.24) is 4.37 Å². The minimum absolute atomic E-state index is 0.341. The maximum atomic E-state index is 11.4. The van der Waals surface area contributed by atoms with Crippen molar-refractivity contribution >= 4 is 33.4 Å². The van der Waals surface area contributed by atoms with Gasteiger partial charge in [0.05, 0.1) is 29.5 Å². The van der Waals surface area contributed by atoms with Crippen molar-refractivity contribution in [3.8, 4) is 5.88 Å². The highest BCUT2D eigenvalue weighted by molar-refractivity contribution is 7.14. The smallest absolute Gasteiger partial charge is 0.411 e. The molecule has 0 atom stereocenters. The Bertz CT molecular complexity index is 538. The van der Waals surface area contributed by atoms with Gasteiger partial charge in [-0.05, 0) is 30.6 Å². The number of anilines is 1. The Morgan fingerprint density at radius 1 is 1.53 bits per heavy atom. The molecule has 17 heavy (non-hydrogen) atoms. The summed E-state index contributed by atoms with van der Waals surface area (Å²) in [6, 6.07) is 5.53. The highest BCUT2D eigenvalue weighted by Gasteiger charge is 2.11. The molecule has 1 N–H and O–H groups in total. The van der Waals surface area contributed by atoms with Crippen molar-refractivity contribution < 1.29 is 14.3 Å². The van der Waals surface area contributed by atoms with Crippen molar-refractivity contribution in [2.24, 2.45) is 0 Å². The van der Waals surface area contributed by atoms with E-state index in [0.717, 1.165) is 10.1 Å². The van der Waals surface area contributed by atoms with Crippen molar-refractivity contribution in [3.63, 3.8) is 0 Å². The van der Waals surface area contributed by atoms with E-state index in [-0.39, 0.29) is 0 Å². The number of rotatable bonds is 3. The third-order valence-corrected chi connectivity index (χ3v) is 3.05. The van der Waals surface area contributed by atoms with E-state index in [1.807, 2.05) is 12.1 Å². The third-order valence-electron chi connectivity index (χ3n) is 2.17. The van der Waals surface area contributed by atoms with Crippen LogP contribution in [-0.4, -0.2) is 24.2 Å². The summed E-state index contributed by atoms with van der Waals surface area (Å²) in [5.74, 6) is 0.567. The minimum Gasteiger partial charge on any atom is -0.480 e. The van der Waals surface area contributed by atoms with E-state index in [0.29, 0.717) is 18.2 Å². The van der Waals surface area contributed by atoms with Crippen LogP contribution in [0.15, 0.2) is 18.2 Å². The molecule has 0 saturated carbocycles. The van der Waals surface area contributed by atoms with Gasteiger partial charge in [-0.1, -0.05) is 6.07 Å². The molecule has 0 spiro atoms. The molecule has 1 amide bonds. The number of benzene rings is 1. The lowest BCUT2D eigenvalue weighted by molar-refractivity contribution is 0.168. The number of amides is 1. The van der Waals surface area contributed by atoms with Crippen LogP contribution >= 0.6 is 11.5 Å². The van der Waals surface area contributed by atoms with E-state index < -0.39 is 6.09 Å². The number of hydrogen-bond acceptors (Lipinski definition) is 5. The van der Waals surface area contributed by atoms with Gasteiger partial charge in [0.25, 0.3) is 0 Å². The number of nitrogens with one attached hydrogen (secondary N) is 1. The SMILES string of the molecule is CCOC(=O)Nc1cccc2c(OC)nsc12. The Morgan fingerprint density at radius 3 is 3.06 bits per heavy atom. The Labute approximate surface area is 103 Å². The summed E-state index contributed by atoms with van der Waals surface area (Å²) in [5, 5.41) is 3.56. The molecule has 0 fully saturated rings. The van der Waals surface area contributed by atoms with Crippen LogP contribution in [0.1, 0.15) is 6.92 Å². The number of nitrogens with zero attached hydrogens (tertiary/aromatic N) is 1. The van der Waals surface area contributed by atoms with E-state index in [9.17, 15) is 4.79 Å². The molecule has 1 heterocycles. The third kappa shape index (κ3) is 2.31. The summed E-state index contributed by atoms with van der Waals surface area (Å²) in [5.41, 5.74) is 0.682. The number of carbonyl (C=O) groups is 1. The molecule has 0 aliphatic rings. The molecule has 5 nitrogen and oxygen atoms in total. The molecule has 0 unspecified atom stereocenters. The number of hydrogen-bond donors (Lipinski definition) is 1. The first-order chi connectivity index (χ1) is 8.26. The summed E-state index contributed by atoms with van der Waals surface area (Å²) in [6.07, 6.45) is -0.465. The predicted molar refractivity (Wildman–Crippen MR) is 66.8 cm³/mol. The number of carbonyl (C=O) groups excluding carboxylic acids is 1. The fraction of sp³-hybridized carbons (Fsp3) is 0.273. The van der Waals surface area contributed by atoms with Crippen LogP contribution in [0.3, 0.4) is 0 Å². The number of fused-ring (bicyclic) bond motifs is 1. The van der Waals surface area contributed by atoms with Gasteiger partial charge in [-0.2, -0.15) is 4.37 Å². The highest BCUT2D eigenvalue weighted by atomic mass is 32.1. The monoisotopic (exact) mass is 252 g/mol. The Hall–Kier alpha value is -1.82. The number of methoxy groups -OCH3 is 1. The molecule has 0 saturated heterocycles. The zero-order chi connectivity index (χ0) is 12.3. The van der Waals surface area contributed by atoms with E-state index in [2.05, 4.69) is 9.69 Å². The molecule has 0 radical (unpaired) electrons. The average molecular weight is 252 g/mol. The van der Waals surface area contributed by atoms with E-state index in [1.54, 1.807) is 20.1 Å². The Morgan fingerprint density at radius 2 is 2.35 bits per heavy atom. The lowest BCUT2D eigenvalue weighted by Gasteiger charge is -2.05. The second-order valence-electron chi connectivity index (χ2n) is 3.22. The minimum atomic E-state index is -0.465. The molecule has 0 aliphatic heterocycles. The molecular weight excluding hydrogens is 240 g/mol. The van der Waals surface area contributed by atoms with Crippen LogP contribution in [0.5, 0.6) is 5.88 Å². The molecular formula is C11H12N2O3S. The van der Waals surface area contributed by atoms with Gasteiger partial charge in [-0.25, -0.2) is 4.79 Å². The molecule has 0 bridgehead atoms. The van der Waals surface area contributed by atoms with Crippen molar-refractivity contribution in [2.75, 3.05) is 19.0 Å². The lowest BCUT2D eigenvalue weighted by Crippen LogP contribution is -2.13. The van der Waals surface area contributed by atoms with Crippen LogP contribution in [0.4, 0.5) is 10.5 Å². The van der Waals surface area contributed by atoms with Crippen LogP contribution < -0.4 is 10.1 Å². The summed E-state index contributed by atoms with van der Waals surface area (Å²) in [6.45, 7) is 2.10. The molecule has 1 aromatic carbocycles. The maximum absolute atomic E-state index is 11.4. The van der Waals surface area contributed by atoms with Gasteiger partial charge in [-0.15, -0.1) is 0 Å². The maximum Gasteiger partial charge on any atom is 0.411 e. The van der Waals surface area contributed by atoms with Crippen LogP contribution in [0.2, 0.25) is 0 Å². The second-order valence-corrected chi connectivity index (χ2v) is 3.99. The lowest BCUT2D eigenvalue weighted by atomic mass is 10.2. The second kappa shape index (κ2) is 5.01. The van der Waals surface area contributed by atoms with E-state index in [4.69, 9.17) is 9.47 Å². The zero-order valence-corrected chi connectivity index (χ0v) is 10.3. The quantitative estimate of drug-likeness (QED) is 0.912. The van der Waals surface area contributed by atoms with E-state index in [1.165, 1.54) is 11.5 Å². The fourth-order valence-corrected chi connectivity index (χ4v) is 2.28. The predicted octanol–water partition coefficient (Wildman–Crippen LogP) is 2.87. The van der Waals surface area contributed by atoms with Gasteiger partial charge in [0.1, 0.15) is 0 Å². The first-order valence-corrected chi connectivity index (χ1v) is 5.89. The van der Waals surface area contributed by atoms with Gasteiger partial charge in [0.15, 0.2) is 0 Å². The van der Waals surface area contributed by atoms with Crippen molar-refractivity contribution in [1.29, 1.82) is 0 Å². The molecule has 2 aromatic rings. The molecule has 0 aliphatic carbocycles. The van der Waals surface area contributed by atoms with Crippen LogP contribution in [0.25, 0.3) is 10.1 Å². The molecule has 90 valence electrons. The first kappa shape index (κ1) is 11.7. The number of aromatic nitrogens is 1. The summed E-state index contributed by atoms with van der Waals surface area (Å²) in [7, 11) is 1.57. The average Bonchev–Trinajstić information content (AvgIpc) is 2.73. The van der Waals surface area contributed by atoms with Gasteiger partial charge in [0, 0.05) is 0 Å². The van der Waals surface area contributed by atoms with Gasteiger partial charge < -0.3 is 9.47 Å². The standard InChI is InChI=1S/C11H12N2O3S/c1-3-16-11(14)12-8-6-4-5-7-9(8)17-13-10(7)15-2/h4-6H,3H2,1-2H3,(H,12,14). The van der Waals surface area contributed by atoms with E-state index >= 15 is 0 Å². The summed E-state index contributed by atoms with van der Waals surface area (Å²) < 4.78 is 15.0. The largest absolute Gasteiger partial charge is 0.480 e. The molecule has 6 heteroatoms. The molecule has 1 aromatic heterocycles. The van der Waals surface area contributed by atoms with Gasteiger partial charge >= 0.3 is 6.09 Å². The van der Waals surface area contributed by atoms with Crippen LogP contribution in [0, 0.1) is 0 Å². The topological polar surface area (TPSA) is 60.5 Å². The fourth-order valence-electron chi connectivity index (χ4n) is 1.46. The Balaban J connectivity index is 2.34. The highest BCUT2D eigenvalue weighted by Crippen LogP contribution is 2.33. The van der Waals surface area contributed by atoms with Crippen molar-refractivity contribution in [2.45, 2.75) is 6.92 Å². The normalized spacial score (nSPS) is 10.2. The van der Waals surface area contributed by atoms with Gasteiger partial charge in [0.2, 0.25) is 5.88 Å². The molecule has 2 rings (SSSR count). The van der Waals surface area contributed by atoms with Crippen LogP contribution in [-0.2, 0) is 4.74 Å². The first-order valence-electron chi connectivity index (χ1n) is 5.12. The summed E-state index contributed by atoms with van der Waals surface area (Å²) >= 11 is 1.28. The zero-order valence-electron chi connectivity index (χ0n) is 9.52. The van der Waals surface area contributed by atoms with Gasteiger partial charge in [-0.3, -0.25) is 5.32 Å². The summed E-state index contributed by atoms with van der Waals surface area (Å²) in [4.78, 5) is 11.4. The Kier molecular flexibility index (Phi) is 3.43.